The molecule has 3 nitrogen and oxygen atoms in total. The number of aromatic amines is 1. The van der Waals surface area contributed by atoms with Gasteiger partial charge in [0.15, 0.2) is 0 Å². The number of aromatic nitrogens is 1. The summed E-state index contributed by atoms with van der Waals surface area (Å²) in [6, 6.07) is 17.9. The van der Waals surface area contributed by atoms with E-state index in [1.54, 1.807) is 36.4 Å². The highest BCUT2D eigenvalue weighted by atomic mass is 35.5. The molecule has 0 saturated carbocycles. The molecule has 0 amide bonds. The van der Waals surface area contributed by atoms with E-state index in [2.05, 4.69) is 4.98 Å². The van der Waals surface area contributed by atoms with E-state index in [1.165, 1.54) is 0 Å². The monoisotopic (exact) mass is 340 g/mol. The first-order valence-electron chi connectivity index (χ1n) is 6.78. The summed E-state index contributed by atoms with van der Waals surface area (Å²) in [4.78, 5) is 15.0. The van der Waals surface area contributed by atoms with Gasteiger partial charge in [0.1, 0.15) is 11.6 Å². The zero-order valence-electron chi connectivity index (χ0n) is 11.8. The van der Waals surface area contributed by atoms with Crippen LogP contribution in [0.4, 0.5) is 0 Å². The summed E-state index contributed by atoms with van der Waals surface area (Å²) in [5.74, 6) is 0. The predicted octanol–water partition coefficient (Wildman–Crippen LogP) is 4.89. The lowest BCUT2D eigenvalue weighted by molar-refractivity contribution is 1.22. The fraction of sp³-hybridized carbons (Fsp3) is 0. The minimum Gasteiger partial charge on any atom is -0.321 e. The number of benzene rings is 2. The Morgan fingerprint density at radius 3 is 2.30 bits per heavy atom. The Labute approximate surface area is 142 Å². The Kier molecular flexibility index (Phi) is 4.20. The van der Waals surface area contributed by atoms with Gasteiger partial charge in [0.05, 0.1) is 5.69 Å². The van der Waals surface area contributed by atoms with Crippen LogP contribution in [0.3, 0.4) is 0 Å². The summed E-state index contributed by atoms with van der Waals surface area (Å²) in [5, 5.41) is 10.4. The SMILES string of the molecule is N#Cc1c(-c2ccc(Cl)cc2)cc(-c2ccccc2Cl)[nH]c1=O. The first-order valence-corrected chi connectivity index (χ1v) is 7.54. The van der Waals surface area contributed by atoms with Crippen molar-refractivity contribution in [3.8, 4) is 28.5 Å². The van der Waals surface area contributed by atoms with Gasteiger partial charge < -0.3 is 4.98 Å². The maximum Gasteiger partial charge on any atom is 0.266 e. The Bertz CT molecular complexity index is 970. The Balaban J connectivity index is 2.27. The average Bonchev–Trinajstić information content (AvgIpc) is 2.55. The molecule has 1 aromatic heterocycles. The molecule has 0 aliphatic heterocycles. The second-order valence-corrected chi connectivity index (χ2v) is 5.74. The zero-order valence-corrected chi connectivity index (χ0v) is 13.3. The lowest BCUT2D eigenvalue weighted by atomic mass is 9.99. The quantitative estimate of drug-likeness (QED) is 0.722. The molecule has 1 N–H and O–H groups in total. The highest BCUT2D eigenvalue weighted by Gasteiger charge is 2.13. The van der Waals surface area contributed by atoms with Crippen molar-refractivity contribution in [3.05, 3.63) is 80.6 Å². The molecular weight excluding hydrogens is 331 g/mol. The van der Waals surface area contributed by atoms with Gasteiger partial charge >= 0.3 is 0 Å². The second kappa shape index (κ2) is 6.29. The molecule has 0 radical (unpaired) electrons. The van der Waals surface area contributed by atoms with E-state index < -0.39 is 5.56 Å². The number of nitrogens with one attached hydrogen (secondary N) is 1. The number of halogens is 2. The average molecular weight is 341 g/mol. The highest BCUT2D eigenvalue weighted by Crippen LogP contribution is 2.30. The molecule has 23 heavy (non-hydrogen) atoms. The fourth-order valence-electron chi connectivity index (χ4n) is 2.35. The van der Waals surface area contributed by atoms with Gasteiger partial charge in [-0.05, 0) is 29.8 Å². The van der Waals surface area contributed by atoms with Gasteiger partial charge in [-0.1, -0.05) is 53.5 Å². The molecular formula is C18H10Cl2N2O. The number of nitrogens with zero attached hydrogens (tertiary/aromatic N) is 1. The smallest absolute Gasteiger partial charge is 0.266 e. The predicted molar refractivity (Wildman–Crippen MR) is 92.7 cm³/mol. The molecule has 5 heteroatoms. The van der Waals surface area contributed by atoms with Crippen LogP contribution in [0.2, 0.25) is 10.0 Å². The molecule has 3 aromatic rings. The topological polar surface area (TPSA) is 56.6 Å². The van der Waals surface area contributed by atoms with E-state index in [4.69, 9.17) is 23.2 Å². The van der Waals surface area contributed by atoms with Crippen LogP contribution in [-0.2, 0) is 0 Å². The summed E-state index contributed by atoms with van der Waals surface area (Å²) < 4.78 is 0. The van der Waals surface area contributed by atoms with Crippen molar-refractivity contribution in [2.75, 3.05) is 0 Å². The van der Waals surface area contributed by atoms with Gasteiger partial charge in [0, 0.05) is 21.2 Å². The number of nitriles is 1. The van der Waals surface area contributed by atoms with E-state index in [0.29, 0.717) is 26.9 Å². The van der Waals surface area contributed by atoms with Crippen LogP contribution in [-0.4, -0.2) is 4.98 Å². The summed E-state index contributed by atoms with van der Waals surface area (Å²) in [6.45, 7) is 0. The maximum atomic E-state index is 12.3. The van der Waals surface area contributed by atoms with Crippen molar-refractivity contribution >= 4 is 23.2 Å². The van der Waals surface area contributed by atoms with Crippen molar-refractivity contribution in [1.29, 1.82) is 5.26 Å². The van der Waals surface area contributed by atoms with E-state index in [0.717, 1.165) is 5.56 Å². The van der Waals surface area contributed by atoms with Gasteiger partial charge in [-0.3, -0.25) is 4.79 Å². The number of pyridine rings is 1. The highest BCUT2D eigenvalue weighted by molar-refractivity contribution is 6.33. The van der Waals surface area contributed by atoms with Gasteiger partial charge in [0.25, 0.3) is 5.56 Å². The van der Waals surface area contributed by atoms with Gasteiger partial charge in [-0.2, -0.15) is 5.26 Å². The van der Waals surface area contributed by atoms with Crippen LogP contribution >= 0.6 is 23.2 Å². The van der Waals surface area contributed by atoms with Crippen LogP contribution in [0.15, 0.2) is 59.4 Å². The van der Waals surface area contributed by atoms with E-state index in [-0.39, 0.29) is 5.56 Å². The van der Waals surface area contributed by atoms with Crippen LogP contribution < -0.4 is 5.56 Å². The Morgan fingerprint density at radius 1 is 0.957 bits per heavy atom. The third-order valence-electron chi connectivity index (χ3n) is 3.46. The minimum atomic E-state index is -0.449. The largest absolute Gasteiger partial charge is 0.321 e. The maximum absolute atomic E-state index is 12.3. The van der Waals surface area contributed by atoms with Crippen LogP contribution in [0, 0.1) is 11.3 Å². The van der Waals surface area contributed by atoms with E-state index >= 15 is 0 Å². The first kappa shape index (κ1) is 15.4. The number of hydrogen-bond acceptors (Lipinski definition) is 2. The Hall–Kier alpha value is -2.54. The van der Waals surface area contributed by atoms with E-state index in [9.17, 15) is 10.1 Å². The van der Waals surface area contributed by atoms with Crippen molar-refractivity contribution < 1.29 is 0 Å². The van der Waals surface area contributed by atoms with E-state index in [1.807, 2.05) is 24.3 Å². The molecule has 0 aliphatic carbocycles. The molecule has 0 fully saturated rings. The van der Waals surface area contributed by atoms with Gasteiger partial charge in [-0.15, -0.1) is 0 Å². The van der Waals surface area contributed by atoms with Crippen molar-refractivity contribution in [1.82, 2.24) is 4.98 Å². The lowest BCUT2D eigenvalue weighted by Gasteiger charge is -2.09. The number of H-pyrrole nitrogens is 1. The summed E-state index contributed by atoms with van der Waals surface area (Å²) in [6.07, 6.45) is 0. The first-order chi connectivity index (χ1) is 11.1. The molecule has 0 saturated heterocycles. The molecule has 1 heterocycles. The van der Waals surface area contributed by atoms with Crippen molar-refractivity contribution in [3.63, 3.8) is 0 Å². The van der Waals surface area contributed by atoms with Crippen molar-refractivity contribution in [2.24, 2.45) is 0 Å². The van der Waals surface area contributed by atoms with Crippen LogP contribution in [0.5, 0.6) is 0 Å². The molecule has 0 spiro atoms. The third kappa shape index (κ3) is 3.00. The lowest BCUT2D eigenvalue weighted by Crippen LogP contribution is -2.12. The molecule has 3 rings (SSSR count). The number of rotatable bonds is 2. The summed E-state index contributed by atoms with van der Waals surface area (Å²) in [7, 11) is 0. The standard InChI is InChI=1S/C18H10Cl2N2O/c19-12-7-5-11(6-8-12)14-9-17(22-18(23)15(14)10-21)13-3-1-2-4-16(13)20/h1-9H,(H,22,23). The molecule has 0 atom stereocenters. The molecule has 0 unspecified atom stereocenters. The fourth-order valence-corrected chi connectivity index (χ4v) is 2.72. The minimum absolute atomic E-state index is 0.0585. The van der Waals surface area contributed by atoms with Crippen LogP contribution in [0.25, 0.3) is 22.4 Å². The van der Waals surface area contributed by atoms with Crippen molar-refractivity contribution in [2.45, 2.75) is 0 Å². The summed E-state index contributed by atoms with van der Waals surface area (Å²) >= 11 is 12.1. The molecule has 112 valence electrons. The normalized spacial score (nSPS) is 10.3. The third-order valence-corrected chi connectivity index (χ3v) is 4.05. The van der Waals surface area contributed by atoms with Gasteiger partial charge in [-0.25, -0.2) is 0 Å². The number of hydrogen-bond donors (Lipinski definition) is 1. The molecule has 0 aliphatic rings. The Morgan fingerprint density at radius 2 is 1.65 bits per heavy atom. The second-order valence-electron chi connectivity index (χ2n) is 4.90. The molecule has 2 aromatic carbocycles. The summed E-state index contributed by atoms with van der Waals surface area (Å²) in [5.41, 5.74) is 2.15. The zero-order chi connectivity index (χ0) is 16.4. The molecule has 0 bridgehead atoms. The van der Waals surface area contributed by atoms with Gasteiger partial charge in [0.2, 0.25) is 0 Å². The van der Waals surface area contributed by atoms with Crippen LogP contribution in [0.1, 0.15) is 5.56 Å².